The van der Waals surface area contributed by atoms with Crippen molar-refractivity contribution >= 4 is 47.0 Å². The molecule has 11 nitrogen and oxygen atoms in total. The molecule has 0 bridgehead atoms. The highest BCUT2D eigenvalue weighted by Gasteiger charge is 2.23. The first-order chi connectivity index (χ1) is 21.1. The highest BCUT2D eigenvalue weighted by Crippen LogP contribution is 2.29. The lowest BCUT2D eigenvalue weighted by atomic mass is 9.98. The summed E-state index contributed by atoms with van der Waals surface area (Å²) in [4.78, 5) is 25.2. The Morgan fingerprint density at radius 2 is 2.00 bits per heavy atom. The topological polar surface area (TPSA) is 118 Å². The number of nitrogens with zero attached hydrogens (tertiary/aromatic N) is 5. The third-order valence-electron chi connectivity index (χ3n) is 8.06. The summed E-state index contributed by atoms with van der Waals surface area (Å²) in [6, 6.07) is 5.49. The van der Waals surface area contributed by atoms with Gasteiger partial charge in [-0.25, -0.2) is 15.0 Å². The number of rotatable bonds is 6. The van der Waals surface area contributed by atoms with Gasteiger partial charge in [-0.05, 0) is 55.5 Å². The molecule has 3 aromatic rings. The fourth-order valence-corrected chi connectivity index (χ4v) is 7.22. The van der Waals surface area contributed by atoms with Crippen molar-refractivity contribution < 1.29 is 14.6 Å². The number of anilines is 2. The van der Waals surface area contributed by atoms with Crippen LogP contribution in [0.5, 0.6) is 0 Å². The number of aromatic nitrogens is 2. The number of hydrogen-bond donors (Lipinski definition) is 4. The van der Waals surface area contributed by atoms with Crippen molar-refractivity contribution in [3.8, 4) is 0 Å². The minimum atomic E-state index is -0.187. The molecule has 3 aromatic heterocycles. The molecule has 43 heavy (non-hydrogen) atoms. The zero-order valence-corrected chi connectivity index (χ0v) is 24.8. The largest absolute Gasteiger partial charge is 0.392 e. The molecule has 0 aromatic carbocycles. The van der Waals surface area contributed by atoms with E-state index in [0.717, 1.165) is 29.8 Å². The van der Waals surface area contributed by atoms with Crippen molar-refractivity contribution in [2.75, 3.05) is 43.7 Å². The van der Waals surface area contributed by atoms with E-state index in [1.807, 2.05) is 46.7 Å². The van der Waals surface area contributed by atoms with Crippen LogP contribution in [-0.4, -0.2) is 64.2 Å². The molecule has 4 aliphatic rings. The van der Waals surface area contributed by atoms with E-state index in [9.17, 15) is 9.90 Å². The minimum Gasteiger partial charge on any atom is -0.392 e. The van der Waals surface area contributed by atoms with Gasteiger partial charge in [0.2, 0.25) is 0 Å². The lowest BCUT2D eigenvalue weighted by Gasteiger charge is -2.29. The van der Waals surface area contributed by atoms with E-state index in [1.165, 1.54) is 33.0 Å². The number of aryl methyl sites for hydroxylation is 1. The Morgan fingerprint density at radius 3 is 2.81 bits per heavy atom. The fourth-order valence-electron chi connectivity index (χ4n) is 5.93. The van der Waals surface area contributed by atoms with Gasteiger partial charge in [-0.2, -0.15) is 0 Å². The van der Waals surface area contributed by atoms with Crippen LogP contribution in [0.3, 0.4) is 0 Å². The van der Waals surface area contributed by atoms with E-state index < -0.39 is 0 Å². The molecule has 0 unspecified atom stereocenters. The van der Waals surface area contributed by atoms with Crippen LogP contribution >= 0.6 is 11.3 Å². The first kappa shape index (κ1) is 27.4. The van der Waals surface area contributed by atoms with E-state index in [-0.39, 0.29) is 12.5 Å². The van der Waals surface area contributed by atoms with Crippen LogP contribution in [-0.2, 0) is 24.2 Å². The molecule has 222 valence electrons. The molecule has 1 aliphatic carbocycles. The Balaban J connectivity index is 1.13. The summed E-state index contributed by atoms with van der Waals surface area (Å²) in [6.07, 6.45) is 16.2. The highest BCUT2D eigenvalue weighted by molar-refractivity contribution is 7.10. The molecule has 12 heteroatoms. The number of ether oxygens (including phenoxy) is 1. The van der Waals surface area contributed by atoms with E-state index in [4.69, 9.17) is 4.74 Å². The molecule has 0 spiro atoms. The molecular weight excluding hydrogens is 564 g/mol. The number of pyridine rings is 2. The molecule has 6 heterocycles. The normalized spacial score (nSPS) is 17.8. The average molecular weight is 599 g/mol. The second-order valence-corrected chi connectivity index (χ2v) is 12.0. The average Bonchev–Trinajstić information content (AvgIpc) is 3.42. The Kier molecular flexibility index (Phi) is 7.47. The maximum atomic E-state index is 12.8. The van der Waals surface area contributed by atoms with Crippen LogP contribution < -0.4 is 30.9 Å². The van der Waals surface area contributed by atoms with Gasteiger partial charge in [0.1, 0.15) is 5.82 Å². The maximum absolute atomic E-state index is 12.8. The first-order valence-corrected chi connectivity index (χ1v) is 15.4. The van der Waals surface area contributed by atoms with Gasteiger partial charge >= 0.3 is 0 Å². The zero-order chi connectivity index (χ0) is 29.3. The summed E-state index contributed by atoms with van der Waals surface area (Å²) < 4.78 is 6.57. The Labute approximate surface area is 253 Å². The third kappa shape index (κ3) is 5.44. The van der Waals surface area contributed by atoms with E-state index in [2.05, 4.69) is 38.5 Å². The molecule has 0 atom stereocenters. The summed E-state index contributed by atoms with van der Waals surface area (Å²) in [5.41, 5.74) is 11.9. The summed E-state index contributed by atoms with van der Waals surface area (Å²) in [5, 5.41) is 18.9. The zero-order valence-electron chi connectivity index (χ0n) is 24.0. The number of amides is 1. The van der Waals surface area contributed by atoms with Crippen molar-refractivity contribution in [2.24, 2.45) is 0 Å². The van der Waals surface area contributed by atoms with Crippen LogP contribution in [0.25, 0.3) is 18.1 Å². The quantitative estimate of drug-likeness (QED) is 0.334. The number of morpholine rings is 1. The van der Waals surface area contributed by atoms with Crippen molar-refractivity contribution in [2.45, 2.75) is 32.3 Å². The second-order valence-electron chi connectivity index (χ2n) is 10.9. The van der Waals surface area contributed by atoms with E-state index in [1.54, 1.807) is 29.4 Å². The third-order valence-corrected chi connectivity index (χ3v) is 9.30. The van der Waals surface area contributed by atoms with Crippen molar-refractivity contribution in [1.29, 1.82) is 0 Å². The monoisotopic (exact) mass is 598 g/mol. The molecule has 0 saturated carbocycles. The Hall–Kier alpha value is -4.39. The number of hydrogen-bond acceptors (Lipinski definition) is 11. The number of nitrogens with one attached hydrogen (secondary N) is 3. The fraction of sp³-hybridized carbons (Fsp3) is 0.323. The molecule has 3 aliphatic heterocycles. The lowest BCUT2D eigenvalue weighted by molar-refractivity contribution is 0.0302. The van der Waals surface area contributed by atoms with Crippen LogP contribution in [0.15, 0.2) is 48.6 Å². The number of carbonyl (C=O) groups is 1. The van der Waals surface area contributed by atoms with Crippen LogP contribution in [0.2, 0.25) is 0 Å². The van der Waals surface area contributed by atoms with E-state index in [0.29, 0.717) is 49.1 Å². The van der Waals surface area contributed by atoms with Crippen LogP contribution in [0.1, 0.15) is 44.8 Å². The lowest BCUT2D eigenvalue weighted by Crippen LogP contribution is -2.42. The number of hydrazine groups is 2. The standard InChI is InChI=1S/C31H34N8O3S/c1-37-17-21(35-29-7-6-20(15-33-29)31(41)38-10-12-42-13-11-38)14-26(36-37)22-8-9-32-30(25(22)19-40)39-18-28-24(16-34-39)23-4-2-3-5-27(23)43-28/h6-9,14-18,34,36,40H,2-5,10-13,19H2,1H3,(H,33,35). The summed E-state index contributed by atoms with van der Waals surface area (Å²) in [5.74, 6) is 1.22. The molecule has 0 radical (unpaired) electrons. The SMILES string of the molecule is CN1C=C(Nc2ccc(C(=O)N3CCOCC3)cn2)C=C(c2ccnc(N3C=c4sc5c(c4=CN3)CCCC5)c2CO)N1. The minimum absolute atomic E-state index is 0.0386. The molecule has 4 N–H and O–H groups in total. The van der Waals surface area contributed by atoms with Gasteiger partial charge in [-0.3, -0.25) is 20.7 Å². The van der Waals surface area contributed by atoms with E-state index >= 15 is 0 Å². The summed E-state index contributed by atoms with van der Waals surface area (Å²) in [7, 11) is 1.90. The van der Waals surface area contributed by atoms with Gasteiger partial charge in [0.15, 0.2) is 5.82 Å². The molecule has 1 amide bonds. The van der Waals surface area contributed by atoms with Gasteiger partial charge in [0, 0.05) is 72.4 Å². The van der Waals surface area contributed by atoms with Gasteiger partial charge in [0.25, 0.3) is 5.91 Å². The number of aliphatic hydroxyl groups excluding tert-OH is 1. The second kappa shape index (κ2) is 11.7. The first-order valence-electron chi connectivity index (χ1n) is 14.6. The number of thiophene rings is 1. The number of aliphatic hydroxyl groups is 1. The van der Waals surface area contributed by atoms with Crippen LogP contribution in [0, 0.1) is 0 Å². The van der Waals surface area contributed by atoms with Crippen LogP contribution in [0.4, 0.5) is 11.6 Å². The predicted octanol–water partition coefficient (Wildman–Crippen LogP) is 1.63. The number of allylic oxidation sites excluding steroid dienone is 1. The molecule has 7 rings (SSSR count). The molecule has 1 saturated heterocycles. The smallest absolute Gasteiger partial charge is 0.255 e. The van der Waals surface area contributed by atoms with Gasteiger partial charge in [-0.1, -0.05) is 0 Å². The summed E-state index contributed by atoms with van der Waals surface area (Å²) in [6.45, 7) is 2.11. The maximum Gasteiger partial charge on any atom is 0.255 e. The molecule has 1 fully saturated rings. The highest BCUT2D eigenvalue weighted by atomic mass is 32.1. The Bertz CT molecular complexity index is 1730. The number of carbonyl (C=O) groups excluding carboxylic acids is 1. The Morgan fingerprint density at radius 1 is 1.14 bits per heavy atom. The van der Waals surface area contributed by atoms with Gasteiger partial charge in [-0.15, -0.1) is 11.3 Å². The summed E-state index contributed by atoms with van der Waals surface area (Å²) >= 11 is 1.86. The van der Waals surface area contributed by atoms with Crippen molar-refractivity contribution in [3.05, 3.63) is 85.4 Å². The van der Waals surface area contributed by atoms with Gasteiger partial charge < -0.3 is 20.1 Å². The van der Waals surface area contributed by atoms with Crippen molar-refractivity contribution in [3.63, 3.8) is 0 Å². The molecular formula is C31H34N8O3S. The number of fused-ring (bicyclic) bond motifs is 3. The van der Waals surface area contributed by atoms with Crippen molar-refractivity contribution in [1.82, 2.24) is 30.7 Å². The van der Waals surface area contributed by atoms with Gasteiger partial charge in [0.05, 0.1) is 41.3 Å². The predicted molar refractivity (Wildman–Crippen MR) is 166 cm³/mol.